The lowest BCUT2D eigenvalue weighted by atomic mass is 10.1. The third-order valence-electron chi connectivity index (χ3n) is 2.85. The SMILES string of the molecule is Cc1cccc(N[C@@H]2CCC[C@H]2O)c1. The van der Waals surface area contributed by atoms with Crippen LogP contribution in [0.3, 0.4) is 0 Å². The van der Waals surface area contributed by atoms with Gasteiger partial charge in [0.05, 0.1) is 12.1 Å². The Kier molecular flexibility index (Phi) is 2.73. The molecule has 76 valence electrons. The van der Waals surface area contributed by atoms with Crippen molar-refractivity contribution in [1.29, 1.82) is 0 Å². The van der Waals surface area contributed by atoms with Crippen LogP contribution >= 0.6 is 0 Å². The molecule has 0 saturated heterocycles. The maximum atomic E-state index is 9.66. The highest BCUT2D eigenvalue weighted by molar-refractivity contribution is 5.46. The van der Waals surface area contributed by atoms with Gasteiger partial charge in [-0.05, 0) is 43.9 Å². The van der Waals surface area contributed by atoms with Crippen LogP contribution in [0.4, 0.5) is 5.69 Å². The fourth-order valence-electron chi connectivity index (χ4n) is 2.06. The van der Waals surface area contributed by atoms with Gasteiger partial charge in [0, 0.05) is 5.69 Å². The first-order valence-electron chi connectivity index (χ1n) is 5.27. The summed E-state index contributed by atoms with van der Waals surface area (Å²) in [7, 11) is 0. The van der Waals surface area contributed by atoms with Crippen LogP contribution in [-0.4, -0.2) is 17.3 Å². The van der Waals surface area contributed by atoms with Crippen LogP contribution < -0.4 is 5.32 Å². The van der Waals surface area contributed by atoms with E-state index in [0.29, 0.717) is 0 Å². The van der Waals surface area contributed by atoms with E-state index in [0.717, 1.165) is 24.9 Å². The average Bonchev–Trinajstić information content (AvgIpc) is 2.52. The van der Waals surface area contributed by atoms with Crippen molar-refractivity contribution in [2.24, 2.45) is 0 Å². The van der Waals surface area contributed by atoms with Crippen molar-refractivity contribution in [2.45, 2.75) is 38.3 Å². The number of hydrogen-bond acceptors (Lipinski definition) is 2. The molecule has 1 aromatic carbocycles. The van der Waals surface area contributed by atoms with E-state index >= 15 is 0 Å². The molecule has 2 rings (SSSR count). The van der Waals surface area contributed by atoms with E-state index in [-0.39, 0.29) is 12.1 Å². The van der Waals surface area contributed by atoms with Crippen molar-refractivity contribution in [2.75, 3.05) is 5.32 Å². The minimum absolute atomic E-state index is 0.171. The van der Waals surface area contributed by atoms with Crippen LogP contribution in [0, 0.1) is 6.92 Å². The summed E-state index contributed by atoms with van der Waals surface area (Å²) in [4.78, 5) is 0. The predicted molar refractivity (Wildman–Crippen MR) is 58.4 cm³/mol. The van der Waals surface area contributed by atoms with Crippen molar-refractivity contribution in [1.82, 2.24) is 0 Å². The van der Waals surface area contributed by atoms with Gasteiger partial charge < -0.3 is 10.4 Å². The summed E-state index contributed by atoms with van der Waals surface area (Å²) in [5.41, 5.74) is 2.37. The lowest BCUT2D eigenvalue weighted by molar-refractivity contribution is 0.172. The third-order valence-corrected chi connectivity index (χ3v) is 2.85. The molecule has 2 nitrogen and oxygen atoms in total. The Morgan fingerprint density at radius 1 is 1.36 bits per heavy atom. The topological polar surface area (TPSA) is 32.3 Å². The fraction of sp³-hybridized carbons (Fsp3) is 0.500. The van der Waals surface area contributed by atoms with E-state index in [2.05, 4.69) is 30.4 Å². The number of nitrogens with one attached hydrogen (secondary N) is 1. The summed E-state index contributed by atoms with van der Waals surface area (Å²) in [5.74, 6) is 0. The second-order valence-corrected chi connectivity index (χ2v) is 4.12. The van der Waals surface area contributed by atoms with Crippen molar-refractivity contribution < 1.29 is 5.11 Å². The van der Waals surface area contributed by atoms with Crippen LogP contribution in [0.5, 0.6) is 0 Å². The molecule has 1 aromatic rings. The van der Waals surface area contributed by atoms with Gasteiger partial charge in [-0.25, -0.2) is 0 Å². The zero-order chi connectivity index (χ0) is 9.97. The Labute approximate surface area is 85.0 Å². The van der Waals surface area contributed by atoms with Gasteiger partial charge in [0.25, 0.3) is 0 Å². The Hall–Kier alpha value is -1.02. The highest BCUT2D eigenvalue weighted by atomic mass is 16.3. The highest BCUT2D eigenvalue weighted by Gasteiger charge is 2.24. The molecule has 1 saturated carbocycles. The molecule has 0 spiro atoms. The van der Waals surface area contributed by atoms with Gasteiger partial charge >= 0.3 is 0 Å². The number of rotatable bonds is 2. The molecule has 2 N–H and O–H groups in total. The molecular weight excluding hydrogens is 174 g/mol. The van der Waals surface area contributed by atoms with E-state index in [1.54, 1.807) is 0 Å². The summed E-state index contributed by atoms with van der Waals surface area (Å²) < 4.78 is 0. The minimum atomic E-state index is -0.171. The lowest BCUT2D eigenvalue weighted by Crippen LogP contribution is -2.27. The van der Waals surface area contributed by atoms with Gasteiger partial charge in [0.15, 0.2) is 0 Å². The van der Waals surface area contributed by atoms with Crippen LogP contribution in [0.15, 0.2) is 24.3 Å². The van der Waals surface area contributed by atoms with E-state index in [1.165, 1.54) is 5.56 Å². The molecular formula is C12H17NO. The highest BCUT2D eigenvalue weighted by Crippen LogP contribution is 2.23. The van der Waals surface area contributed by atoms with Crippen LogP contribution in [0.2, 0.25) is 0 Å². The maximum Gasteiger partial charge on any atom is 0.0741 e. The van der Waals surface area contributed by atoms with Crippen molar-refractivity contribution in [3.63, 3.8) is 0 Å². The molecule has 2 atom stereocenters. The number of anilines is 1. The number of aliphatic hydroxyl groups excluding tert-OH is 1. The van der Waals surface area contributed by atoms with Gasteiger partial charge in [0.2, 0.25) is 0 Å². The van der Waals surface area contributed by atoms with Crippen molar-refractivity contribution in [3.8, 4) is 0 Å². The Balaban J connectivity index is 2.03. The van der Waals surface area contributed by atoms with Crippen molar-refractivity contribution >= 4 is 5.69 Å². The van der Waals surface area contributed by atoms with E-state index in [9.17, 15) is 5.11 Å². The largest absolute Gasteiger partial charge is 0.391 e. The zero-order valence-electron chi connectivity index (χ0n) is 8.53. The molecule has 14 heavy (non-hydrogen) atoms. The van der Waals surface area contributed by atoms with E-state index < -0.39 is 0 Å². The Morgan fingerprint density at radius 2 is 2.21 bits per heavy atom. The molecule has 0 heterocycles. The summed E-state index contributed by atoms with van der Waals surface area (Å²) in [6.07, 6.45) is 2.97. The molecule has 0 aromatic heterocycles. The second-order valence-electron chi connectivity index (χ2n) is 4.12. The maximum absolute atomic E-state index is 9.66. The van der Waals surface area contributed by atoms with E-state index in [1.807, 2.05) is 6.07 Å². The van der Waals surface area contributed by atoms with Gasteiger partial charge in [-0.2, -0.15) is 0 Å². The van der Waals surface area contributed by atoms with Crippen LogP contribution in [0.1, 0.15) is 24.8 Å². The Morgan fingerprint density at radius 3 is 2.86 bits per heavy atom. The number of aliphatic hydroxyl groups is 1. The normalized spacial score (nSPS) is 26.4. The van der Waals surface area contributed by atoms with Gasteiger partial charge in [-0.3, -0.25) is 0 Å². The first-order chi connectivity index (χ1) is 6.75. The molecule has 0 unspecified atom stereocenters. The van der Waals surface area contributed by atoms with Crippen LogP contribution in [-0.2, 0) is 0 Å². The summed E-state index contributed by atoms with van der Waals surface area (Å²) in [6, 6.07) is 8.54. The average molecular weight is 191 g/mol. The summed E-state index contributed by atoms with van der Waals surface area (Å²) in [6.45, 7) is 2.08. The van der Waals surface area contributed by atoms with E-state index in [4.69, 9.17) is 0 Å². The van der Waals surface area contributed by atoms with Gasteiger partial charge in [-0.15, -0.1) is 0 Å². The number of hydrogen-bond donors (Lipinski definition) is 2. The third kappa shape index (κ3) is 2.07. The van der Waals surface area contributed by atoms with Crippen LogP contribution in [0.25, 0.3) is 0 Å². The fourth-order valence-corrected chi connectivity index (χ4v) is 2.06. The zero-order valence-corrected chi connectivity index (χ0v) is 8.53. The second kappa shape index (κ2) is 4.01. The quantitative estimate of drug-likeness (QED) is 0.752. The molecule has 1 aliphatic rings. The monoisotopic (exact) mass is 191 g/mol. The smallest absolute Gasteiger partial charge is 0.0741 e. The Bertz CT molecular complexity index is 311. The lowest BCUT2D eigenvalue weighted by Gasteiger charge is -2.17. The molecule has 1 fully saturated rings. The van der Waals surface area contributed by atoms with Gasteiger partial charge in [-0.1, -0.05) is 12.1 Å². The van der Waals surface area contributed by atoms with Gasteiger partial charge in [0.1, 0.15) is 0 Å². The minimum Gasteiger partial charge on any atom is -0.391 e. The standard InChI is InChI=1S/C12H17NO/c1-9-4-2-5-10(8-9)13-11-6-3-7-12(11)14/h2,4-5,8,11-14H,3,6-7H2,1H3/t11-,12-/m1/s1. The molecule has 0 amide bonds. The molecule has 2 heteroatoms. The van der Waals surface area contributed by atoms with Crippen molar-refractivity contribution in [3.05, 3.63) is 29.8 Å². The summed E-state index contributed by atoms with van der Waals surface area (Å²) >= 11 is 0. The first-order valence-corrected chi connectivity index (χ1v) is 5.27. The molecule has 0 bridgehead atoms. The first kappa shape index (κ1) is 9.53. The molecule has 0 aliphatic heterocycles. The predicted octanol–water partition coefficient (Wildman–Crippen LogP) is 2.32. The molecule has 1 aliphatic carbocycles. The number of benzene rings is 1. The molecule has 0 radical (unpaired) electrons. The summed E-state index contributed by atoms with van der Waals surface area (Å²) in [5, 5.41) is 13.0. The number of aryl methyl sites for hydroxylation is 1.